The molecule has 0 saturated heterocycles. The number of hydrogen-bond donors (Lipinski definition) is 1. The maximum Gasteiger partial charge on any atom is 0.253 e. The van der Waals surface area contributed by atoms with Crippen molar-refractivity contribution < 1.29 is 0 Å². The first-order valence-corrected chi connectivity index (χ1v) is 6.78. The molecule has 1 aromatic carbocycles. The molecule has 0 aliphatic rings. The Bertz CT molecular complexity index is 641. The summed E-state index contributed by atoms with van der Waals surface area (Å²) in [6.45, 7) is 6.57. The second kappa shape index (κ2) is 6.01. The molecule has 0 aliphatic heterocycles. The third kappa shape index (κ3) is 3.33. The molecule has 2 rings (SSSR count). The van der Waals surface area contributed by atoms with Crippen molar-refractivity contribution in [1.82, 2.24) is 14.9 Å². The van der Waals surface area contributed by atoms with Gasteiger partial charge in [0.25, 0.3) is 5.56 Å². The zero-order valence-corrected chi connectivity index (χ0v) is 12.5. The van der Waals surface area contributed by atoms with Crippen molar-refractivity contribution in [3.8, 4) is 0 Å². The molecule has 1 N–H and O–H groups in total. The standard InChI is InChI=1S/C16H21N3O/c1-11-5-12(2)7-14(6-11)15(17-4)9-19-10-18-13(3)8-16(19)20/h5-8,10,15,17H,9H2,1-4H3. The third-order valence-electron chi connectivity index (χ3n) is 3.39. The van der Waals surface area contributed by atoms with E-state index in [1.165, 1.54) is 16.7 Å². The van der Waals surface area contributed by atoms with E-state index in [-0.39, 0.29) is 11.6 Å². The molecule has 4 heteroatoms. The van der Waals surface area contributed by atoms with E-state index in [4.69, 9.17) is 0 Å². The summed E-state index contributed by atoms with van der Waals surface area (Å²) in [5.74, 6) is 0. The number of aryl methyl sites for hydroxylation is 3. The third-order valence-corrected chi connectivity index (χ3v) is 3.39. The molecule has 0 bridgehead atoms. The lowest BCUT2D eigenvalue weighted by molar-refractivity contribution is 0.485. The second-order valence-corrected chi connectivity index (χ2v) is 5.28. The van der Waals surface area contributed by atoms with Crippen LogP contribution in [0.15, 0.2) is 35.4 Å². The Hall–Kier alpha value is -1.94. The molecule has 106 valence electrons. The van der Waals surface area contributed by atoms with Crippen LogP contribution in [-0.2, 0) is 6.54 Å². The van der Waals surface area contributed by atoms with Gasteiger partial charge in [0.1, 0.15) is 0 Å². The van der Waals surface area contributed by atoms with E-state index in [0.29, 0.717) is 6.54 Å². The van der Waals surface area contributed by atoms with Crippen LogP contribution in [0.5, 0.6) is 0 Å². The van der Waals surface area contributed by atoms with Crippen molar-refractivity contribution in [2.45, 2.75) is 33.4 Å². The van der Waals surface area contributed by atoms with Crippen LogP contribution in [0.3, 0.4) is 0 Å². The molecule has 0 saturated carbocycles. The summed E-state index contributed by atoms with van der Waals surface area (Å²) in [6.07, 6.45) is 1.62. The zero-order chi connectivity index (χ0) is 14.7. The summed E-state index contributed by atoms with van der Waals surface area (Å²) in [4.78, 5) is 16.1. The molecule has 0 aliphatic carbocycles. The highest BCUT2D eigenvalue weighted by atomic mass is 16.1. The first-order valence-electron chi connectivity index (χ1n) is 6.78. The quantitative estimate of drug-likeness (QED) is 0.926. The zero-order valence-electron chi connectivity index (χ0n) is 12.5. The number of benzene rings is 1. The largest absolute Gasteiger partial charge is 0.312 e. The smallest absolute Gasteiger partial charge is 0.253 e. The van der Waals surface area contributed by atoms with E-state index < -0.39 is 0 Å². The molecule has 4 nitrogen and oxygen atoms in total. The van der Waals surface area contributed by atoms with Gasteiger partial charge in [0.05, 0.1) is 12.4 Å². The number of likely N-dealkylation sites (N-methyl/N-ethyl adjacent to an activating group) is 1. The van der Waals surface area contributed by atoms with Crippen LogP contribution >= 0.6 is 0 Å². The fourth-order valence-corrected chi connectivity index (χ4v) is 2.42. The van der Waals surface area contributed by atoms with E-state index in [9.17, 15) is 4.79 Å². The van der Waals surface area contributed by atoms with Gasteiger partial charge in [-0.15, -0.1) is 0 Å². The first kappa shape index (κ1) is 14.5. The van der Waals surface area contributed by atoms with Gasteiger partial charge < -0.3 is 5.32 Å². The Balaban J connectivity index is 2.31. The average molecular weight is 271 g/mol. The molecule has 0 radical (unpaired) electrons. The van der Waals surface area contributed by atoms with Gasteiger partial charge in [0.15, 0.2) is 0 Å². The van der Waals surface area contributed by atoms with Gasteiger partial charge in [-0.2, -0.15) is 0 Å². The average Bonchev–Trinajstić information content (AvgIpc) is 2.36. The highest BCUT2D eigenvalue weighted by Gasteiger charge is 2.12. The summed E-state index contributed by atoms with van der Waals surface area (Å²) in [6, 6.07) is 8.11. The van der Waals surface area contributed by atoms with Gasteiger partial charge >= 0.3 is 0 Å². The first-order chi connectivity index (χ1) is 9.49. The highest BCUT2D eigenvalue weighted by molar-refractivity contribution is 5.30. The molecule has 0 fully saturated rings. The molecular formula is C16H21N3O. The van der Waals surface area contributed by atoms with Crippen molar-refractivity contribution in [2.75, 3.05) is 7.05 Å². The predicted octanol–water partition coefficient (Wildman–Crippen LogP) is 2.13. The van der Waals surface area contributed by atoms with Crippen LogP contribution in [0.4, 0.5) is 0 Å². The molecular weight excluding hydrogens is 250 g/mol. The molecule has 1 atom stereocenters. The van der Waals surface area contributed by atoms with E-state index >= 15 is 0 Å². The summed E-state index contributed by atoms with van der Waals surface area (Å²) in [5.41, 5.74) is 4.39. The Morgan fingerprint density at radius 2 is 1.80 bits per heavy atom. The van der Waals surface area contributed by atoms with Crippen molar-refractivity contribution in [3.05, 3.63) is 63.3 Å². The second-order valence-electron chi connectivity index (χ2n) is 5.28. The molecule has 20 heavy (non-hydrogen) atoms. The minimum atomic E-state index is -0.0119. The van der Waals surface area contributed by atoms with Crippen molar-refractivity contribution in [2.24, 2.45) is 0 Å². The van der Waals surface area contributed by atoms with E-state index in [0.717, 1.165) is 5.69 Å². The molecule has 1 aromatic heterocycles. The minimum Gasteiger partial charge on any atom is -0.312 e. The van der Waals surface area contributed by atoms with Gasteiger partial charge in [-0.05, 0) is 33.4 Å². The molecule has 0 amide bonds. The number of nitrogens with one attached hydrogen (secondary N) is 1. The maximum atomic E-state index is 12.0. The van der Waals surface area contributed by atoms with Gasteiger partial charge in [-0.3, -0.25) is 9.36 Å². The van der Waals surface area contributed by atoms with Crippen LogP contribution in [0, 0.1) is 20.8 Å². The van der Waals surface area contributed by atoms with Crippen molar-refractivity contribution in [3.63, 3.8) is 0 Å². The predicted molar refractivity (Wildman–Crippen MR) is 81.0 cm³/mol. The fraction of sp³-hybridized carbons (Fsp3) is 0.375. The van der Waals surface area contributed by atoms with E-state index in [2.05, 4.69) is 42.3 Å². The lowest BCUT2D eigenvalue weighted by Crippen LogP contribution is -2.28. The number of hydrogen-bond acceptors (Lipinski definition) is 3. The minimum absolute atomic E-state index is 0.0119. The highest BCUT2D eigenvalue weighted by Crippen LogP contribution is 2.18. The van der Waals surface area contributed by atoms with E-state index in [1.807, 2.05) is 14.0 Å². The van der Waals surface area contributed by atoms with Crippen LogP contribution in [0.1, 0.15) is 28.4 Å². The Morgan fingerprint density at radius 3 is 2.35 bits per heavy atom. The Kier molecular flexibility index (Phi) is 4.35. The lowest BCUT2D eigenvalue weighted by atomic mass is 10.0. The Morgan fingerprint density at radius 1 is 1.15 bits per heavy atom. The summed E-state index contributed by atoms with van der Waals surface area (Å²) >= 11 is 0. The number of rotatable bonds is 4. The normalized spacial score (nSPS) is 12.4. The van der Waals surface area contributed by atoms with Crippen LogP contribution in [-0.4, -0.2) is 16.6 Å². The monoisotopic (exact) mass is 271 g/mol. The summed E-state index contributed by atoms with van der Waals surface area (Å²) < 4.78 is 1.64. The molecule has 1 heterocycles. The summed E-state index contributed by atoms with van der Waals surface area (Å²) in [7, 11) is 1.91. The van der Waals surface area contributed by atoms with Gasteiger partial charge in [0, 0.05) is 18.3 Å². The van der Waals surface area contributed by atoms with Crippen LogP contribution in [0.2, 0.25) is 0 Å². The summed E-state index contributed by atoms with van der Waals surface area (Å²) in [5, 5.41) is 3.28. The van der Waals surface area contributed by atoms with Gasteiger partial charge in [0.2, 0.25) is 0 Å². The van der Waals surface area contributed by atoms with Gasteiger partial charge in [-0.25, -0.2) is 4.98 Å². The van der Waals surface area contributed by atoms with Crippen molar-refractivity contribution in [1.29, 1.82) is 0 Å². The lowest BCUT2D eigenvalue weighted by Gasteiger charge is -2.19. The number of nitrogens with zero attached hydrogens (tertiary/aromatic N) is 2. The fourth-order valence-electron chi connectivity index (χ4n) is 2.42. The van der Waals surface area contributed by atoms with Gasteiger partial charge in [-0.1, -0.05) is 29.3 Å². The molecule has 2 aromatic rings. The maximum absolute atomic E-state index is 12.0. The topological polar surface area (TPSA) is 46.9 Å². The van der Waals surface area contributed by atoms with Crippen LogP contribution < -0.4 is 10.9 Å². The molecule has 0 spiro atoms. The molecule has 1 unspecified atom stereocenters. The SMILES string of the molecule is CNC(Cn1cnc(C)cc1=O)c1cc(C)cc(C)c1. The number of aromatic nitrogens is 2. The van der Waals surface area contributed by atoms with Crippen molar-refractivity contribution >= 4 is 0 Å². The van der Waals surface area contributed by atoms with Crippen LogP contribution in [0.25, 0.3) is 0 Å². The van der Waals surface area contributed by atoms with E-state index in [1.54, 1.807) is 17.0 Å². The Labute approximate surface area is 119 Å².